The largest absolute Gasteiger partial charge is 0.472 e. The Balaban J connectivity index is 1.40. The highest BCUT2D eigenvalue weighted by atomic mass is 31.2. The van der Waals surface area contributed by atoms with Crippen molar-refractivity contribution in [3.8, 4) is 6.01 Å². The van der Waals surface area contributed by atoms with Crippen LogP contribution in [-0.4, -0.2) is 95.1 Å². The zero-order valence-electron chi connectivity index (χ0n) is 47.0. The molecular formula is C58H95N6O12P. The van der Waals surface area contributed by atoms with Gasteiger partial charge in [-0.05, 0) is 81.9 Å². The van der Waals surface area contributed by atoms with Crippen LogP contribution in [0.1, 0.15) is 216 Å². The lowest BCUT2D eigenvalue weighted by molar-refractivity contribution is -0.161. The lowest BCUT2D eigenvalue weighted by atomic mass is 10.1. The molecule has 2 atom stereocenters. The van der Waals surface area contributed by atoms with Gasteiger partial charge in [-0.3, -0.25) is 28.0 Å². The van der Waals surface area contributed by atoms with Crippen LogP contribution in [0.3, 0.4) is 0 Å². The molecule has 0 aliphatic heterocycles. The van der Waals surface area contributed by atoms with Crippen LogP contribution in [0.4, 0.5) is 5.82 Å². The number of nitrogen functional groups attached to an aromatic ring is 1. The lowest BCUT2D eigenvalue weighted by Crippen LogP contribution is -2.30. The number of amides is 1. The van der Waals surface area contributed by atoms with Gasteiger partial charge in [0.15, 0.2) is 17.6 Å². The number of hydrogen-bond acceptors (Lipinski definition) is 14. The fourth-order valence-electron chi connectivity index (χ4n) is 8.52. The number of nitrogens with zero attached hydrogens (tertiary/aromatic N) is 3. The number of H-pyrrole nitrogens is 1. The molecule has 1 amide bonds. The van der Waals surface area contributed by atoms with E-state index in [0.29, 0.717) is 25.0 Å². The summed E-state index contributed by atoms with van der Waals surface area (Å²) in [6, 6.07) is 6.48. The van der Waals surface area contributed by atoms with Gasteiger partial charge in [0, 0.05) is 32.1 Å². The number of esters is 2. The first-order valence-electron chi connectivity index (χ1n) is 29.0. The van der Waals surface area contributed by atoms with Gasteiger partial charge >= 0.3 is 31.5 Å². The number of hydrogen-bond donors (Lipinski definition) is 4. The van der Waals surface area contributed by atoms with E-state index in [2.05, 4.69) is 58.4 Å². The number of methoxy groups -OCH3 is 1. The second-order valence-corrected chi connectivity index (χ2v) is 21.3. The normalized spacial score (nSPS) is 12.9. The molecule has 19 heteroatoms. The first-order valence-corrected chi connectivity index (χ1v) is 30.5. The van der Waals surface area contributed by atoms with Crippen molar-refractivity contribution < 1.29 is 51.8 Å². The molecule has 2 aromatic heterocycles. The molecule has 0 bridgehead atoms. The van der Waals surface area contributed by atoms with Crippen LogP contribution in [-0.2, 0) is 44.0 Å². The van der Waals surface area contributed by atoms with E-state index in [4.69, 9.17) is 33.7 Å². The number of ether oxygens (including phenoxy) is 4. The van der Waals surface area contributed by atoms with Crippen molar-refractivity contribution in [1.29, 1.82) is 0 Å². The molecule has 5 N–H and O–H groups in total. The number of nitrogens with two attached hydrogens (primary N) is 1. The molecule has 1 aromatic carbocycles. The second-order valence-electron chi connectivity index (χ2n) is 19.8. The molecule has 0 aliphatic carbocycles. The molecule has 3 rings (SSSR count). The minimum atomic E-state index is -4.69. The molecule has 0 saturated carbocycles. The van der Waals surface area contributed by atoms with Crippen LogP contribution in [0.25, 0.3) is 11.2 Å². The first kappa shape index (κ1) is 66.4. The fourth-order valence-corrected chi connectivity index (χ4v) is 9.27. The molecule has 2 unspecified atom stereocenters. The molecule has 2 heterocycles. The number of imidazole rings is 1. The lowest BCUT2D eigenvalue weighted by Gasteiger charge is -2.20. The van der Waals surface area contributed by atoms with Crippen LogP contribution in [0, 0.1) is 0 Å². The van der Waals surface area contributed by atoms with E-state index in [1.165, 1.54) is 95.1 Å². The van der Waals surface area contributed by atoms with Gasteiger partial charge in [-0.15, -0.1) is 0 Å². The molecule has 3 aromatic rings. The van der Waals surface area contributed by atoms with Crippen molar-refractivity contribution in [3.63, 3.8) is 0 Å². The number of rotatable bonds is 48. The number of carbonyl (C=O) groups excluding carboxylic acids is 3. The maximum absolute atomic E-state index is 12.9. The fraction of sp³-hybridized carbons (Fsp3) is 0.690. The molecule has 0 aliphatic rings. The Bertz CT molecular complexity index is 2230. The smallest absolute Gasteiger partial charge is 0.462 e. The summed E-state index contributed by atoms with van der Waals surface area (Å²) in [4.78, 5) is 73.0. The van der Waals surface area contributed by atoms with Gasteiger partial charge in [-0.25, -0.2) is 9.36 Å². The van der Waals surface area contributed by atoms with Crippen LogP contribution in [0.5, 0.6) is 6.01 Å². The Morgan fingerprint density at radius 1 is 0.688 bits per heavy atom. The third-order valence-electron chi connectivity index (χ3n) is 13.0. The number of unbranched alkanes of at least 4 members (excludes halogenated alkanes) is 23. The van der Waals surface area contributed by atoms with Gasteiger partial charge in [0.25, 0.3) is 5.91 Å². The monoisotopic (exact) mass is 1100 g/mol. The Morgan fingerprint density at radius 2 is 1.21 bits per heavy atom. The summed E-state index contributed by atoms with van der Waals surface area (Å²) in [6.45, 7) is 3.66. The van der Waals surface area contributed by atoms with E-state index in [1.807, 2.05) is 0 Å². The number of aromatic amines is 1. The molecule has 18 nitrogen and oxygen atoms in total. The quantitative estimate of drug-likeness (QED) is 0.0178. The predicted molar refractivity (Wildman–Crippen MR) is 304 cm³/mol. The molecule has 0 spiro atoms. The van der Waals surface area contributed by atoms with Gasteiger partial charge in [0.2, 0.25) is 0 Å². The van der Waals surface area contributed by atoms with Crippen molar-refractivity contribution in [2.45, 2.75) is 213 Å². The average molecular weight is 1100 g/mol. The summed E-state index contributed by atoms with van der Waals surface area (Å²) in [5, 5.41) is 2.63. The van der Waals surface area contributed by atoms with Gasteiger partial charge in [0.1, 0.15) is 18.7 Å². The van der Waals surface area contributed by atoms with Crippen molar-refractivity contribution >= 4 is 42.7 Å². The molecule has 434 valence electrons. The minimum absolute atomic E-state index is 0.00333. The van der Waals surface area contributed by atoms with E-state index >= 15 is 0 Å². The van der Waals surface area contributed by atoms with Crippen molar-refractivity contribution in [1.82, 2.24) is 24.8 Å². The first-order chi connectivity index (χ1) is 37.5. The highest BCUT2D eigenvalue weighted by molar-refractivity contribution is 7.47. The summed E-state index contributed by atoms with van der Waals surface area (Å²) in [7, 11) is -3.16. The zero-order valence-corrected chi connectivity index (χ0v) is 47.9. The average Bonchev–Trinajstić information content (AvgIpc) is 3.74. The number of aromatic nitrogens is 4. The Hall–Kier alpha value is -4.87. The summed E-state index contributed by atoms with van der Waals surface area (Å²) in [5.41, 5.74) is 7.08. The second kappa shape index (κ2) is 42.1. The molecular weight excluding hydrogens is 1000 g/mol. The van der Waals surface area contributed by atoms with Gasteiger partial charge in [-0.1, -0.05) is 159 Å². The topological polar surface area (TPSA) is 246 Å². The summed E-state index contributed by atoms with van der Waals surface area (Å²) in [5.74, 6) is -1.40. The number of benzene rings is 1. The number of phosphoric acid groups is 1. The number of anilines is 1. The predicted octanol–water partition coefficient (Wildman–Crippen LogP) is 12.6. The summed E-state index contributed by atoms with van der Waals surface area (Å²) in [6.07, 6.45) is 39.3. The molecule has 0 radical (unpaired) electrons. The Kier molecular flexibility index (Phi) is 36.3. The molecule has 0 fully saturated rings. The minimum Gasteiger partial charge on any atom is -0.462 e. The SMILES string of the molecule is CCCCCCCCC=CCCCCCCCC(=O)OC(COC(=O)CCCCCCCC=CCCCCCCCCC)COP(=O)(O)OCCNC(=O)c1ccc(Cn2c(=O)[nH]c3c(N)nc(OCCOC)nc32)cc1. The van der Waals surface area contributed by atoms with Crippen LogP contribution < -0.4 is 21.5 Å². The number of phosphoric ester groups is 1. The van der Waals surface area contributed by atoms with Crippen LogP contribution in [0.15, 0.2) is 53.4 Å². The van der Waals surface area contributed by atoms with Crippen molar-refractivity contribution in [3.05, 3.63) is 70.2 Å². The number of allylic oxidation sites excluding steroid dienone is 4. The maximum Gasteiger partial charge on any atom is 0.472 e. The number of carbonyl (C=O) groups is 3. The van der Waals surface area contributed by atoms with Gasteiger partial charge in [0.05, 0.1) is 26.4 Å². The maximum atomic E-state index is 12.9. The Labute approximate surface area is 459 Å². The van der Waals surface area contributed by atoms with Gasteiger partial charge in [-0.2, -0.15) is 9.97 Å². The van der Waals surface area contributed by atoms with E-state index in [9.17, 15) is 28.6 Å². The van der Waals surface area contributed by atoms with E-state index in [1.54, 1.807) is 24.3 Å². The van der Waals surface area contributed by atoms with Crippen molar-refractivity contribution in [2.24, 2.45) is 0 Å². The zero-order chi connectivity index (χ0) is 55.6. The Morgan fingerprint density at radius 3 is 1.75 bits per heavy atom. The standard InChI is InChI=1S/C58H95N6O12P/c1-4-6-8-10-12-14-16-18-20-22-23-25-27-29-31-33-35-51(65)73-46-50(76-52(66)36-34-32-30-28-26-24-21-19-17-15-13-11-9-7-5-2)47-75-77(69,70)74-42-41-60-56(67)49-39-37-48(38-40-49)45-64-55-53(61-58(64)68)54(59)62-57(63-55)72-44-43-71-3/h19-22,37-40,50H,4-18,23-36,41-47H2,1-3H3,(H,60,67)(H,61,68)(H,69,70)(H2,59,62,63). The molecule has 77 heavy (non-hydrogen) atoms. The number of fused-ring (bicyclic) bond motifs is 1. The number of nitrogens with one attached hydrogen (secondary N) is 2. The molecule has 0 saturated heterocycles. The van der Waals surface area contributed by atoms with E-state index in [-0.39, 0.29) is 74.3 Å². The van der Waals surface area contributed by atoms with Gasteiger partial charge < -0.3 is 39.9 Å². The van der Waals surface area contributed by atoms with Crippen LogP contribution in [0.2, 0.25) is 0 Å². The van der Waals surface area contributed by atoms with E-state index < -0.39 is 44.1 Å². The van der Waals surface area contributed by atoms with E-state index in [0.717, 1.165) is 77.0 Å². The van der Waals surface area contributed by atoms with Crippen LogP contribution >= 0.6 is 7.82 Å². The van der Waals surface area contributed by atoms with Crippen molar-refractivity contribution in [2.75, 3.05) is 52.4 Å². The third-order valence-corrected chi connectivity index (χ3v) is 14.0. The summed E-state index contributed by atoms with van der Waals surface area (Å²) >= 11 is 0. The summed E-state index contributed by atoms with van der Waals surface area (Å²) < 4.78 is 46.2. The third kappa shape index (κ3) is 31.3. The highest BCUT2D eigenvalue weighted by Gasteiger charge is 2.26. The highest BCUT2D eigenvalue weighted by Crippen LogP contribution is 2.43.